The Kier molecular flexibility index (Phi) is 6.44. The summed E-state index contributed by atoms with van der Waals surface area (Å²) in [6.45, 7) is 3.59. The number of imide groups is 1. The van der Waals surface area contributed by atoms with Gasteiger partial charge in [-0.3, -0.25) is 24.1 Å². The molecule has 0 radical (unpaired) electrons. The quantitative estimate of drug-likeness (QED) is 0.727. The average molecular weight is 385 g/mol. The van der Waals surface area contributed by atoms with Crippen molar-refractivity contribution in [3.63, 3.8) is 0 Å². The second-order valence-electron chi connectivity index (χ2n) is 7.38. The number of likely N-dealkylation sites (tertiary alicyclic amines) is 1. The highest BCUT2D eigenvalue weighted by Crippen LogP contribution is 2.22. The molecule has 0 aliphatic carbocycles. The zero-order chi connectivity index (χ0) is 20.1. The predicted molar refractivity (Wildman–Crippen MR) is 104 cm³/mol. The number of carbonyl (C=O) groups excluding carboxylic acids is 4. The number of piperidine rings is 1. The van der Waals surface area contributed by atoms with Crippen LogP contribution in [-0.2, 0) is 9.59 Å². The van der Waals surface area contributed by atoms with Crippen LogP contribution in [0.2, 0.25) is 0 Å². The minimum atomic E-state index is -0.287. The Morgan fingerprint density at radius 2 is 1.64 bits per heavy atom. The molecule has 0 atom stereocenters. The van der Waals surface area contributed by atoms with E-state index in [2.05, 4.69) is 5.32 Å². The first-order valence-corrected chi connectivity index (χ1v) is 10.0. The molecule has 1 N–H and O–H groups in total. The van der Waals surface area contributed by atoms with Crippen LogP contribution in [0, 0.1) is 0 Å². The summed E-state index contributed by atoms with van der Waals surface area (Å²) in [4.78, 5) is 51.8. The first-order chi connectivity index (χ1) is 13.5. The summed E-state index contributed by atoms with van der Waals surface area (Å²) >= 11 is 0. The zero-order valence-corrected chi connectivity index (χ0v) is 16.3. The van der Waals surface area contributed by atoms with Gasteiger partial charge in [-0.15, -0.1) is 0 Å². The Morgan fingerprint density at radius 1 is 1.04 bits per heavy atom. The fourth-order valence-corrected chi connectivity index (χ4v) is 3.78. The van der Waals surface area contributed by atoms with Gasteiger partial charge in [0.2, 0.25) is 11.8 Å². The van der Waals surface area contributed by atoms with Gasteiger partial charge >= 0.3 is 0 Å². The van der Waals surface area contributed by atoms with E-state index in [0.29, 0.717) is 37.1 Å². The van der Waals surface area contributed by atoms with Crippen LogP contribution in [0.15, 0.2) is 24.3 Å². The van der Waals surface area contributed by atoms with Gasteiger partial charge in [0.15, 0.2) is 0 Å². The highest BCUT2D eigenvalue weighted by atomic mass is 16.2. The van der Waals surface area contributed by atoms with E-state index in [0.717, 1.165) is 19.3 Å². The molecule has 4 amide bonds. The number of carbonyl (C=O) groups is 4. The van der Waals surface area contributed by atoms with Crippen molar-refractivity contribution in [2.45, 2.75) is 51.5 Å². The minimum Gasteiger partial charge on any atom is -0.353 e. The molecular weight excluding hydrogens is 358 g/mol. The largest absolute Gasteiger partial charge is 0.353 e. The molecule has 0 saturated carbocycles. The number of nitrogens with zero attached hydrogens (tertiary/aromatic N) is 2. The number of amides is 4. The van der Waals surface area contributed by atoms with Gasteiger partial charge in [-0.2, -0.15) is 0 Å². The number of benzene rings is 1. The highest BCUT2D eigenvalue weighted by Gasteiger charge is 2.34. The molecule has 1 aromatic rings. The fourth-order valence-electron chi connectivity index (χ4n) is 3.78. The maximum atomic E-state index is 12.3. The second kappa shape index (κ2) is 8.99. The fraction of sp³-hybridized carbons (Fsp3) is 0.524. The predicted octanol–water partition coefficient (Wildman–Crippen LogP) is 1.97. The first kappa shape index (κ1) is 20.0. The van der Waals surface area contributed by atoms with Crippen LogP contribution < -0.4 is 5.32 Å². The van der Waals surface area contributed by atoms with Crippen molar-refractivity contribution < 1.29 is 19.2 Å². The Balaban J connectivity index is 1.39. The van der Waals surface area contributed by atoms with Gasteiger partial charge in [-0.25, -0.2) is 0 Å². The van der Waals surface area contributed by atoms with E-state index < -0.39 is 0 Å². The number of hydrogen-bond acceptors (Lipinski definition) is 4. The van der Waals surface area contributed by atoms with Crippen LogP contribution in [0.1, 0.15) is 66.2 Å². The molecule has 2 aliphatic heterocycles. The van der Waals surface area contributed by atoms with Gasteiger partial charge in [-0.1, -0.05) is 19.1 Å². The summed E-state index contributed by atoms with van der Waals surface area (Å²) < 4.78 is 0. The van der Waals surface area contributed by atoms with E-state index in [-0.39, 0.29) is 42.6 Å². The first-order valence-electron chi connectivity index (χ1n) is 10.0. The molecular formula is C21H27N3O4. The lowest BCUT2D eigenvalue weighted by molar-refractivity contribution is -0.132. The number of nitrogens with one attached hydrogen (secondary N) is 1. The Morgan fingerprint density at radius 3 is 2.21 bits per heavy atom. The van der Waals surface area contributed by atoms with Crippen LogP contribution in [0.5, 0.6) is 0 Å². The summed E-state index contributed by atoms with van der Waals surface area (Å²) in [5.41, 5.74) is 0.864. The van der Waals surface area contributed by atoms with Crippen LogP contribution >= 0.6 is 0 Å². The molecule has 7 nitrogen and oxygen atoms in total. The van der Waals surface area contributed by atoms with Crippen molar-refractivity contribution >= 4 is 23.6 Å². The van der Waals surface area contributed by atoms with Crippen LogP contribution in [0.4, 0.5) is 0 Å². The maximum absolute atomic E-state index is 12.3. The number of fused-ring (bicyclic) bond motifs is 1. The Labute approximate surface area is 165 Å². The van der Waals surface area contributed by atoms with E-state index >= 15 is 0 Å². The number of hydrogen-bond donors (Lipinski definition) is 1. The molecule has 28 heavy (non-hydrogen) atoms. The molecule has 0 unspecified atom stereocenters. The van der Waals surface area contributed by atoms with Crippen molar-refractivity contribution in [3.8, 4) is 0 Å². The summed E-state index contributed by atoms with van der Waals surface area (Å²) in [5, 5.41) is 3.01. The standard InChI is InChI=1S/C21H27N3O4/c1-2-6-19(26)23-13-10-15(11-14-23)22-18(25)9-5-12-24-20(27)16-7-3-4-8-17(16)21(24)28/h3-4,7-8,15H,2,5-6,9-14H2,1H3,(H,22,25). The Hall–Kier alpha value is -2.70. The molecule has 1 fully saturated rings. The molecule has 0 bridgehead atoms. The van der Waals surface area contributed by atoms with E-state index in [9.17, 15) is 19.2 Å². The lowest BCUT2D eigenvalue weighted by Gasteiger charge is -2.32. The topological polar surface area (TPSA) is 86.8 Å². The SMILES string of the molecule is CCCC(=O)N1CCC(NC(=O)CCCN2C(=O)c3ccccc3C2=O)CC1. The van der Waals surface area contributed by atoms with E-state index in [1.165, 1.54) is 4.90 Å². The smallest absolute Gasteiger partial charge is 0.261 e. The monoisotopic (exact) mass is 385 g/mol. The molecule has 7 heteroatoms. The van der Waals surface area contributed by atoms with E-state index in [4.69, 9.17) is 0 Å². The lowest BCUT2D eigenvalue weighted by atomic mass is 10.0. The van der Waals surface area contributed by atoms with Gasteiger partial charge in [0, 0.05) is 38.5 Å². The lowest BCUT2D eigenvalue weighted by Crippen LogP contribution is -2.46. The molecule has 150 valence electrons. The molecule has 1 saturated heterocycles. The summed E-state index contributed by atoms with van der Waals surface area (Å²) in [6.07, 6.45) is 3.66. The molecule has 2 aliphatic rings. The Bertz CT molecular complexity index is 734. The van der Waals surface area contributed by atoms with Gasteiger partial charge < -0.3 is 10.2 Å². The molecule has 3 rings (SSSR count). The molecule has 0 spiro atoms. The summed E-state index contributed by atoms with van der Waals surface area (Å²) in [6, 6.07) is 6.86. The summed E-state index contributed by atoms with van der Waals surface area (Å²) in [5.74, 6) is -0.460. The van der Waals surface area contributed by atoms with Crippen LogP contribution in [0.25, 0.3) is 0 Å². The molecule has 0 aromatic heterocycles. The third-order valence-corrected chi connectivity index (χ3v) is 5.34. The summed E-state index contributed by atoms with van der Waals surface area (Å²) in [7, 11) is 0. The van der Waals surface area contributed by atoms with Crippen molar-refractivity contribution in [3.05, 3.63) is 35.4 Å². The highest BCUT2D eigenvalue weighted by molar-refractivity contribution is 6.21. The van der Waals surface area contributed by atoms with Gasteiger partial charge in [0.25, 0.3) is 11.8 Å². The zero-order valence-electron chi connectivity index (χ0n) is 16.3. The van der Waals surface area contributed by atoms with Crippen LogP contribution in [0.3, 0.4) is 0 Å². The van der Waals surface area contributed by atoms with Gasteiger partial charge in [0.1, 0.15) is 0 Å². The number of rotatable bonds is 7. The third kappa shape index (κ3) is 4.40. The van der Waals surface area contributed by atoms with E-state index in [1.54, 1.807) is 24.3 Å². The molecule has 2 heterocycles. The van der Waals surface area contributed by atoms with Gasteiger partial charge in [-0.05, 0) is 37.8 Å². The van der Waals surface area contributed by atoms with E-state index in [1.807, 2.05) is 11.8 Å². The normalized spacial score (nSPS) is 17.0. The minimum absolute atomic E-state index is 0.0741. The molecule has 1 aromatic carbocycles. The third-order valence-electron chi connectivity index (χ3n) is 5.34. The van der Waals surface area contributed by atoms with Crippen LogP contribution in [-0.4, -0.2) is 59.1 Å². The van der Waals surface area contributed by atoms with Crippen molar-refractivity contribution in [2.24, 2.45) is 0 Å². The van der Waals surface area contributed by atoms with Crippen molar-refractivity contribution in [1.29, 1.82) is 0 Å². The average Bonchev–Trinajstić information content (AvgIpc) is 2.94. The second-order valence-corrected chi connectivity index (χ2v) is 7.38. The van der Waals surface area contributed by atoms with Crippen molar-refractivity contribution in [1.82, 2.24) is 15.1 Å². The van der Waals surface area contributed by atoms with Crippen molar-refractivity contribution in [2.75, 3.05) is 19.6 Å². The van der Waals surface area contributed by atoms with Gasteiger partial charge in [0.05, 0.1) is 11.1 Å². The maximum Gasteiger partial charge on any atom is 0.261 e.